The fourth-order valence-corrected chi connectivity index (χ4v) is 6.32. The molecule has 0 spiro atoms. The lowest BCUT2D eigenvalue weighted by Gasteiger charge is -2.58. The van der Waals surface area contributed by atoms with Crippen LogP contribution in [0.2, 0.25) is 0 Å². The van der Waals surface area contributed by atoms with Gasteiger partial charge in [-0.25, -0.2) is 14.3 Å². The minimum absolute atomic E-state index is 0.00682. The summed E-state index contributed by atoms with van der Waals surface area (Å²) in [5.74, 6) is 1.03. The van der Waals surface area contributed by atoms with Crippen molar-refractivity contribution in [1.82, 2.24) is 20.4 Å². The highest BCUT2D eigenvalue weighted by Crippen LogP contribution is 2.57. The first-order chi connectivity index (χ1) is 16.9. The minimum Gasteiger partial charge on any atom is -0.474 e. The minimum atomic E-state index is -0.724. The Kier molecular flexibility index (Phi) is 6.94. The maximum atomic E-state index is 13.4. The molecule has 4 saturated carbocycles. The summed E-state index contributed by atoms with van der Waals surface area (Å²) in [5.41, 5.74) is 4.48. The molecule has 2 unspecified atom stereocenters. The molecule has 4 N–H and O–H groups in total. The average Bonchev–Trinajstić information content (AvgIpc) is 3.15. The Morgan fingerprint density at radius 1 is 1.22 bits per heavy atom. The second-order valence-electron chi connectivity index (χ2n) is 11.2. The van der Waals surface area contributed by atoms with Crippen LogP contribution in [0.15, 0.2) is 12.3 Å². The molecular formula is C25H37N5O6. The highest BCUT2D eigenvalue weighted by molar-refractivity contribution is 5.96. The van der Waals surface area contributed by atoms with E-state index in [4.69, 9.17) is 15.2 Å². The van der Waals surface area contributed by atoms with E-state index in [0.717, 1.165) is 19.3 Å². The molecule has 2 atom stereocenters. The van der Waals surface area contributed by atoms with Gasteiger partial charge in [-0.2, -0.15) is 5.10 Å². The number of primary amides is 1. The van der Waals surface area contributed by atoms with Gasteiger partial charge in [-0.1, -0.05) is 0 Å². The molecule has 36 heavy (non-hydrogen) atoms. The zero-order valence-corrected chi connectivity index (χ0v) is 21.6. The van der Waals surface area contributed by atoms with Crippen molar-refractivity contribution in [2.24, 2.45) is 23.5 Å². The van der Waals surface area contributed by atoms with Crippen LogP contribution in [0, 0.1) is 17.8 Å². The summed E-state index contributed by atoms with van der Waals surface area (Å²) in [6, 6.07) is -0.00682. The monoisotopic (exact) mass is 503 g/mol. The number of ether oxygens (including phenoxy) is 3. The molecule has 0 radical (unpaired) electrons. The predicted molar refractivity (Wildman–Crippen MR) is 131 cm³/mol. The molecule has 0 saturated heterocycles. The fraction of sp³-hybridized carbons (Fsp3) is 0.680. The molecule has 4 aliphatic rings. The average molecular weight is 504 g/mol. The van der Waals surface area contributed by atoms with Gasteiger partial charge < -0.3 is 30.6 Å². The van der Waals surface area contributed by atoms with Crippen LogP contribution in [0.1, 0.15) is 70.2 Å². The molecule has 4 bridgehead atoms. The maximum absolute atomic E-state index is 13.4. The summed E-state index contributed by atoms with van der Waals surface area (Å²) >= 11 is 0. The van der Waals surface area contributed by atoms with Crippen molar-refractivity contribution in [2.45, 2.75) is 83.1 Å². The molecule has 11 nitrogen and oxygen atoms in total. The second-order valence-corrected chi connectivity index (χ2v) is 11.2. The lowest BCUT2D eigenvalue weighted by atomic mass is 9.52. The van der Waals surface area contributed by atoms with Gasteiger partial charge in [-0.3, -0.25) is 4.79 Å². The molecule has 1 aromatic rings. The van der Waals surface area contributed by atoms with Crippen LogP contribution < -0.4 is 21.1 Å². The lowest BCUT2D eigenvalue weighted by Crippen LogP contribution is -2.63. The molecule has 1 aromatic heterocycles. The molecule has 5 rings (SSSR count). The van der Waals surface area contributed by atoms with Crippen molar-refractivity contribution in [2.75, 3.05) is 7.11 Å². The number of carbonyl (C=O) groups is 3. The van der Waals surface area contributed by atoms with Crippen LogP contribution in [-0.2, 0) is 9.47 Å². The van der Waals surface area contributed by atoms with Gasteiger partial charge in [0, 0.05) is 12.2 Å². The molecule has 4 aliphatic carbocycles. The van der Waals surface area contributed by atoms with Gasteiger partial charge in [-0.05, 0) is 83.6 Å². The Balaban J connectivity index is 1.51. The van der Waals surface area contributed by atoms with Crippen LogP contribution in [0.3, 0.4) is 0 Å². The van der Waals surface area contributed by atoms with E-state index in [1.807, 2.05) is 27.7 Å². The van der Waals surface area contributed by atoms with E-state index < -0.39 is 23.3 Å². The first-order valence-corrected chi connectivity index (χ1v) is 12.5. The second kappa shape index (κ2) is 9.67. The number of nitrogens with two attached hydrogens (primary N) is 1. The Labute approximate surface area is 211 Å². The summed E-state index contributed by atoms with van der Waals surface area (Å²) in [6.07, 6.45) is 7.72. The van der Waals surface area contributed by atoms with E-state index in [2.05, 4.69) is 20.5 Å². The smallest absolute Gasteiger partial charge is 0.407 e. The Hall–Kier alpha value is -3.24. The van der Waals surface area contributed by atoms with E-state index >= 15 is 0 Å². The quantitative estimate of drug-likeness (QED) is 0.494. The van der Waals surface area contributed by atoms with Crippen LogP contribution in [0.5, 0.6) is 5.88 Å². The van der Waals surface area contributed by atoms with E-state index in [-0.39, 0.29) is 29.9 Å². The van der Waals surface area contributed by atoms with E-state index in [0.29, 0.717) is 30.2 Å². The molecule has 0 aliphatic heterocycles. The van der Waals surface area contributed by atoms with Crippen LogP contribution >= 0.6 is 0 Å². The van der Waals surface area contributed by atoms with E-state index in [1.165, 1.54) is 18.0 Å². The molecule has 1 heterocycles. The van der Waals surface area contributed by atoms with Gasteiger partial charge >= 0.3 is 12.2 Å². The van der Waals surface area contributed by atoms with Crippen molar-refractivity contribution in [3.8, 4) is 5.88 Å². The normalized spacial score (nSPS) is 28.8. The fourth-order valence-electron chi connectivity index (χ4n) is 6.32. The largest absolute Gasteiger partial charge is 0.474 e. The van der Waals surface area contributed by atoms with Crippen LogP contribution in [0.4, 0.5) is 9.59 Å². The standard InChI is InChI=1S/C25H37N5O6/c1-14(2)35-21-18(13-27-30(21)7-6-24(3,4)29-23(33)34-5)20(31)28-19-16-8-15-9-17(19)12-25(10-15,11-16)36-22(26)32/h6-7,13-17,19H,8-12H2,1-5H3,(H2,26,32)(H,28,31)(H,29,33). The Morgan fingerprint density at radius 3 is 2.47 bits per heavy atom. The number of alkyl carbamates (subject to hydrolysis) is 1. The number of nitrogens with zero attached hydrogens (tertiary/aromatic N) is 2. The van der Waals surface area contributed by atoms with Crippen molar-refractivity contribution in [3.63, 3.8) is 0 Å². The van der Waals surface area contributed by atoms with Crippen LogP contribution in [-0.4, -0.2) is 58.3 Å². The molecule has 0 aromatic carbocycles. The summed E-state index contributed by atoms with van der Waals surface area (Å²) < 4.78 is 17.7. The number of carbonyl (C=O) groups excluding carboxylic acids is 3. The number of nitrogens with one attached hydrogen (secondary N) is 2. The van der Waals surface area contributed by atoms with Gasteiger partial charge in [0.1, 0.15) is 11.2 Å². The number of rotatable bonds is 8. The van der Waals surface area contributed by atoms with Crippen molar-refractivity contribution in [3.05, 3.63) is 17.8 Å². The zero-order chi connectivity index (χ0) is 26.3. The van der Waals surface area contributed by atoms with Gasteiger partial charge in [0.05, 0.1) is 24.9 Å². The third kappa shape index (κ3) is 5.44. The summed E-state index contributed by atoms with van der Waals surface area (Å²) in [5, 5.41) is 10.3. The number of aromatic nitrogens is 2. The maximum Gasteiger partial charge on any atom is 0.407 e. The Morgan fingerprint density at radius 2 is 1.89 bits per heavy atom. The van der Waals surface area contributed by atoms with Gasteiger partial charge in [-0.15, -0.1) is 0 Å². The third-order valence-corrected chi connectivity index (χ3v) is 7.42. The van der Waals surface area contributed by atoms with Gasteiger partial charge in [0.2, 0.25) is 5.88 Å². The highest BCUT2D eigenvalue weighted by atomic mass is 16.6. The number of hydrogen-bond acceptors (Lipinski definition) is 7. The number of amides is 3. The zero-order valence-electron chi connectivity index (χ0n) is 21.6. The van der Waals surface area contributed by atoms with Gasteiger partial charge in [0.25, 0.3) is 5.91 Å². The highest BCUT2D eigenvalue weighted by Gasteiger charge is 2.57. The van der Waals surface area contributed by atoms with Crippen molar-refractivity contribution < 1.29 is 28.6 Å². The predicted octanol–water partition coefficient (Wildman–Crippen LogP) is 3.05. The molecule has 11 heteroatoms. The number of methoxy groups -OCH3 is 1. The number of hydrogen-bond donors (Lipinski definition) is 3. The molecule has 3 amide bonds. The SMILES string of the molecule is COC(=O)NC(C)(C)C=Cn1ncc(C(=O)NC2C3CC4CC2CC(OC(N)=O)(C4)C3)c1OC(C)C. The third-order valence-electron chi connectivity index (χ3n) is 7.42. The van der Waals surface area contributed by atoms with Crippen LogP contribution in [0.25, 0.3) is 6.20 Å². The molecule has 4 fully saturated rings. The first-order valence-electron chi connectivity index (χ1n) is 12.5. The van der Waals surface area contributed by atoms with E-state index in [9.17, 15) is 14.4 Å². The first kappa shape index (κ1) is 25.8. The summed E-state index contributed by atoms with van der Waals surface area (Å²) in [4.78, 5) is 36.6. The summed E-state index contributed by atoms with van der Waals surface area (Å²) in [7, 11) is 1.30. The lowest BCUT2D eigenvalue weighted by molar-refractivity contribution is -0.137. The Bertz CT molecular complexity index is 1030. The topological polar surface area (TPSA) is 147 Å². The molecular weight excluding hydrogens is 466 g/mol. The van der Waals surface area contributed by atoms with Gasteiger partial charge in [0.15, 0.2) is 0 Å². The van der Waals surface area contributed by atoms with E-state index in [1.54, 1.807) is 12.3 Å². The molecule has 198 valence electrons. The summed E-state index contributed by atoms with van der Waals surface area (Å²) in [6.45, 7) is 7.37. The van der Waals surface area contributed by atoms with Crippen molar-refractivity contribution >= 4 is 24.3 Å². The van der Waals surface area contributed by atoms with Crippen molar-refractivity contribution in [1.29, 1.82) is 0 Å².